The summed E-state index contributed by atoms with van der Waals surface area (Å²) < 4.78 is 2.27. The molecule has 3 rings (SSSR count). The van der Waals surface area contributed by atoms with Crippen molar-refractivity contribution in [1.82, 2.24) is 4.98 Å². The molecule has 0 bridgehead atoms. The third-order valence-electron chi connectivity index (χ3n) is 2.35. The van der Waals surface area contributed by atoms with Crippen molar-refractivity contribution in [3.8, 4) is 0 Å². The molecule has 0 fully saturated rings. The lowest BCUT2D eigenvalue weighted by Crippen LogP contribution is -2.28. The van der Waals surface area contributed by atoms with Crippen LogP contribution in [0.3, 0.4) is 0 Å². The van der Waals surface area contributed by atoms with Crippen LogP contribution in [0.25, 0.3) is 11.0 Å². The Morgan fingerprint density at radius 2 is 2.17 bits per heavy atom. The van der Waals surface area contributed by atoms with E-state index in [-0.39, 0.29) is 0 Å². The number of benzene rings is 1. The van der Waals surface area contributed by atoms with Crippen molar-refractivity contribution < 1.29 is 4.57 Å². The predicted molar refractivity (Wildman–Crippen MR) is 47.0 cm³/mol. The zero-order valence-electron chi connectivity index (χ0n) is 6.67. The predicted octanol–water partition coefficient (Wildman–Crippen LogP) is 0.881. The molecule has 0 atom stereocenters. The molecule has 0 aliphatic carbocycles. The SMILES string of the molecule is c1ccc2c(c1)[nH]c1[n+]2CCN1. The number of hydrogen-bond acceptors (Lipinski definition) is 1. The van der Waals surface area contributed by atoms with Gasteiger partial charge in [0.1, 0.15) is 17.6 Å². The van der Waals surface area contributed by atoms with E-state index < -0.39 is 0 Å². The maximum Gasteiger partial charge on any atom is 0.356 e. The van der Waals surface area contributed by atoms with Crippen LogP contribution in [-0.4, -0.2) is 11.5 Å². The van der Waals surface area contributed by atoms with Crippen LogP contribution in [0.2, 0.25) is 0 Å². The van der Waals surface area contributed by atoms with Crippen molar-refractivity contribution in [3.05, 3.63) is 24.3 Å². The van der Waals surface area contributed by atoms with Crippen LogP contribution in [0.5, 0.6) is 0 Å². The van der Waals surface area contributed by atoms with Gasteiger partial charge in [0, 0.05) is 0 Å². The zero-order valence-corrected chi connectivity index (χ0v) is 6.67. The highest BCUT2D eigenvalue weighted by atomic mass is 15.3. The van der Waals surface area contributed by atoms with Crippen LogP contribution >= 0.6 is 0 Å². The topological polar surface area (TPSA) is 31.7 Å². The first-order chi connectivity index (χ1) is 5.95. The van der Waals surface area contributed by atoms with E-state index in [2.05, 4.69) is 39.1 Å². The molecule has 1 aromatic carbocycles. The van der Waals surface area contributed by atoms with Crippen molar-refractivity contribution in [2.45, 2.75) is 6.54 Å². The van der Waals surface area contributed by atoms with Gasteiger partial charge in [0.25, 0.3) is 0 Å². The van der Waals surface area contributed by atoms with E-state index in [4.69, 9.17) is 0 Å². The molecule has 0 saturated carbocycles. The number of nitrogens with one attached hydrogen (secondary N) is 2. The second-order valence-corrected chi connectivity index (χ2v) is 3.07. The van der Waals surface area contributed by atoms with Gasteiger partial charge in [-0.3, -0.25) is 5.32 Å². The summed E-state index contributed by atoms with van der Waals surface area (Å²) in [5.41, 5.74) is 2.50. The maximum atomic E-state index is 3.33. The number of para-hydroxylation sites is 2. The average Bonchev–Trinajstić information content (AvgIpc) is 2.62. The summed E-state index contributed by atoms with van der Waals surface area (Å²) in [7, 11) is 0. The Morgan fingerprint density at radius 3 is 3.17 bits per heavy atom. The highest BCUT2D eigenvalue weighted by molar-refractivity contribution is 5.73. The number of aromatic amines is 1. The lowest BCUT2D eigenvalue weighted by molar-refractivity contribution is -0.643. The number of aromatic nitrogens is 2. The molecule has 1 aromatic heterocycles. The number of H-pyrrole nitrogens is 1. The van der Waals surface area contributed by atoms with E-state index in [0.29, 0.717) is 0 Å². The van der Waals surface area contributed by atoms with Crippen LogP contribution in [0.1, 0.15) is 0 Å². The highest BCUT2D eigenvalue weighted by Crippen LogP contribution is 2.13. The van der Waals surface area contributed by atoms with Gasteiger partial charge in [-0.2, -0.15) is 0 Å². The standard InChI is InChI=1S/C9H9N3/c1-2-4-8-7(3-1)11-9-10-5-6-12(8)9/h1-4H,5-6H2,(H,10,11)/p+1. The lowest BCUT2D eigenvalue weighted by Gasteiger charge is -1.87. The average molecular weight is 160 g/mol. The Hall–Kier alpha value is -1.51. The first kappa shape index (κ1) is 6.06. The van der Waals surface area contributed by atoms with Crippen molar-refractivity contribution in [1.29, 1.82) is 0 Å². The van der Waals surface area contributed by atoms with Gasteiger partial charge in [-0.05, 0) is 12.1 Å². The molecule has 2 heterocycles. The van der Waals surface area contributed by atoms with Crippen LogP contribution in [0.4, 0.5) is 5.95 Å². The fourth-order valence-corrected chi connectivity index (χ4v) is 1.79. The van der Waals surface area contributed by atoms with E-state index in [1.165, 1.54) is 11.0 Å². The van der Waals surface area contributed by atoms with Crippen molar-refractivity contribution in [2.75, 3.05) is 11.9 Å². The summed E-state index contributed by atoms with van der Waals surface area (Å²) in [6, 6.07) is 8.36. The molecule has 3 heteroatoms. The summed E-state index contributed by atoms with van der Waals surface area (Å²) in [5.74, 6) is 1.14. The molecule has 2 aromatic rings. The van der Waals surface area contributed by atoms with E-state index >= 15 is 0 Å². The quantitative estimate of drug-likeness (QED) is 0.551. The molecule has 3 nitrogen and oxygen atoms in total. The number of nitrogens with zero attached hydrogens (tertiary/aromatic N) is 1. The van der Waals surface area contributed by atoms with Gasteiger partial charge in [-0.15, -0.1) is 0 Å². The lowest BCUT2D eigenvalue weighted by atomic mass is 10.3. The Balaban J connectivity index is 2.44. The van der Waals surface area contributed by atoms with Gasteiger partial charge in [0.2, 0.25) is 0 Å². The van der Waals surface area contributed by atoms with Crippen molar-refractivity contribution >= 4 is 17.0 Å². The Kier molecular flexibility index (Phi) is 1.01. The fourth-order valence-electron chi connectivity index (χ4n) is 1.79. The van der Waals surface area contributed by atoms with Gasteiger partial charge in [0.05, 0.1) is 6.54 Å². The van der Waals surface area contributed by atoms with E-state index in [9.17, 15) is 0 Å². The maximum absolute atomic E-state index is 3.33. The Morgan fingerprint density at radius 1 is 1.25 bits per heavy atom. The summed E-state index contributed by atoms with van der Waals surface area (Å²) in [6.45, 7) is 2.11. The first-order valence-corrected chi connectivity index (χ1v) is 4.19. The minimum atomic E-state index is 1.04. The summed E-state index contributed by atoms with van der Waals surface area (Å²) in [6.07, 6.45) is 0. The molecular weight excluding hydrogens is 150 g/mol. The van der Waals surface area contributed by atoms with Crippen LogP contribution in [-0.2, 0) is 6.54 Å². The van der Waals surface area contributed by atoms with E-state index in [0.717, 1.165) is 19.0 Å². The van der Waals surface area contributed by atoms with Crippen LogP contribution < -0.4 is 9.88 Å². The first-order valence-electron chi connectivity index (χ1n) is 4.19. The van der Waals surface area contributed by atoms with E-state index in [1.54, 1.807) is 0 Å². The zero-order chi connectivity index (χ0) is 7.97. The second kappa shape index (κ2) is 2.00. The molecule has 1 aliphatic heterocycles. The van der Waals surface area contributed by atoms with Gasteiger partial charge in [-0.1, -0.05) is 12.1 Å². The molecule has 0 amide bonds. The normalized spacial score (nSPS) is 14.7. The number of anilines is 1. The van der Waals surface area contributed by atoms with Crippen LogP contribution in [0, 0.1) is 0 Å². The largest absolute Gasteiger partial charge is 0.356 e. The number of hydrogen-bond donors (Lipinski definition) is 2. The molecule has 60 valence electrons. The minimum Gasteiger partial charge on any atom is -0.274 e. The van der Waals surface area contributed by atoms with Crippen LogP contribution in [0.15, 0.2) is 24.3 Å². The molecule has 1 aliphatic rings. The third kappa shape index (κ3) is 0.630. The molecule has 0 unspecified atom stereocenters. The molecule has 2 N–H and O–H groups in total. The summed E-state index contributed by atoms with van der Waals surface area (Å²) >= 11 is 0. The summed E-state index contributed by atoms with van der Waals surface area (Å²) in [5, 5.41) is 3.30. The molecule has 12 heavy (non-hydrogen) atoms. The summed E-state index contributed by atoms with van der Waals surface area (Å²) in [4.78, 5) is 3.33. The smallest absolute Gasteiger partial charge is 0.274 e. The van der Waals surface area contributed by atoms with Gasteiger partial charge in [-0.25, -0.2) is 9.55 Å². The Bertz CT molecular complexity index is 430. The minimum absolute atomic E-state index is 1.04. The molecule has 0 saturated heterocycles. The highest BCUT2D eigenvalue weighted by Gasteiger charge is 2.21. The molecule has 0 radical (unpaired) electrons. The number of rotatable bonds is 0. The van der Waals surface area contributed by atoms with E-state index in [1.807, 2.05) is 0 Å². The van der Waals surface area contributed by atoms with Gasteiger partial charge >= 0.3 is 5.95 Å². The molecular formula is C9H10N3+. The van der Waals surface area contributed by atoms with Crippen molar-refractivity contribution in [3.63, 3.8) is 0 Å². The van der Waals surface area contributed by atoms with Gasteiger partial charge in [0.15, 0.2) is 0 Å². The Labute approximate surface area is 70.0 Å². The third-order valence-corrected chi connectivity index (χ3v) is 2.35. The number of imidazole rings is 1. The fraction of sp³-hybridized carbons (Fsp3) is 0.222. The van der Waals surface area contributed by atoms with Crippen molar-refractivity contribution in [2.24, 2.45) is 0 Å². The van der Waals surface area contributed by atoms with Gasteiger partial charge < -0.3 is 0 Å². The monoisotopic (exact) mass is 160 g/mol. The molecule has 0 spiro atoms. The second-order valence-electron chi connectivity index (χ2n) is 3.07. The number of fused-ring (bicyclic) bond motifs is 3.